The van der Waals surface area contributed by atoms with Crippen LogP contribution in [0, 0.1) is 6.92 Å². The molecule has 31 heavy (non-hydrogen) atoms. The van der Waals surface area contributed by atoms with Crippen molar-refractivity contribution in [1.82, 2.24) is 19.2 Å². The zero-order valence-electron chi connectivity index (χ0n) is 16.9. The van der Waals surface area contributed by atoms with Gasteiger partial charge in [0, 0.05) is 5.75 Å². The molecule has 0 aliphatic heterocycles. The van der Waals surface area contributed by atoms with Gasteiger partial charge < -0.3 is 4.74 Å². The molecule has 0 spiro atoms. The maximum absolute atomic E-state index is 13.2. The molecule has 0 bridgehead atoms. The molecule has 5 rings (SSSR count). The minimum absolute atomic E-state index is 0.110. The van der Waals surface area contributed by atoms with E-state index in [0.29, 0.717) is 23.5 Å². The van der Waals surface area contributed by atoms with E-state index in [1.54, 1.807) is 16.3 Å². The third-order valence-corrected chi connectivity index (χ3v) is 5.91. The quantitative estimate of drug-likeness (QED) is 0.294. The summed E-state index contributed by atoms with van der Waals surface area (Å²) in [6.07, 6.45) is 0. The van der Waals surface area contributed by atoms with Crippen LogP contribution in [-0.4, -0.2) is 31.5 Å². The molecular weight excluding hydrogens is 408 g/mol. The molecule has 0 amide bonds. The Balaban J connectivity index is 1.50. The third kappa shape index (κ3) is 3.68. The number of para-hydroxylation sites is 2. The van der Waals surface area contributed by atoms with E-state index < -0.39 is 0 Å². The highest BCUT2D eigenvalue weighted by atomic mass is 32.2. The number of benzene rings is 3. The van der Waals surface area contributed by atoms with Crippen LogP contribution in [0.3, 0.4) is 0 Å². The Bertz CT molecular complexity index is 1410. The van der Waals surface area contributed by atoms with Crippen molar-refractivity contribution in [2.24, 2.45) is 0 Å². The number of hydrogen-bond acceptors (Lipinski definition) is 5. The lowest BCUT2D eigenvalue weighted by molar-refractivity contribution is 0.344. The van der Waals surface area contributed by atoms with Gasteiger partial charge in [0.15, 0.2) is 5.16 Å². The SMILES string of the molecule is Cc1ccc(OCCSc2nnc3n(-c4ccccc4)c(=O)c4ccccc4n23)cc1. The van der Waals surface area contributed by atoms with Gasteiger partial charge in [0.05, 0.1) is 23.2 Å². The Morgan fingerprint density at radius 3 is 2.45 bits per heavy atom. The van der Waals surface area contributed by atoms with Crippen molar-refractivity contribution in [3.63, 3.8) is 0 Å². The molecule has 5 aromatic rings. The van der Waals surface area contributed by atoms with Gasteiger partial charge in [-0.2, -0.15) is 0 Å². The second-order valence-corrected chi connectivity index (χ2v) is 8.18. The molecule has 0 saturated carbocycles. The number of fused-ring (bicyclic) bond motifs is 3. The molecule has 3 aromatic carbocycles. The van der Waals surface area contributed by atoms with Crippen molar-refractivity contribution in [1.29, 1.82) is 0 Å². The Hall–Kier alpha value is -3.58. The molecule has 2 heterocycles. The summed E-state index contributed by atoms with van der Waals surface area (Å²) < 4.78 is 9.40. The first-order chi connectivity index (χ1) is 15.2. The molecule has 6 nitrogen and oxygen atoms in total. The molecule has 0 aliphatic rings. The molecule has 154 valence electrons. The summed E-state index contributed by atoms with van der Waals surface area (Å²) in [5.74, 6) is 2.05. The van der Waals surface area contributed by atoms with Gasteiger partial charge in [0.25, 0.3) is 5.56 Å². The van der Waals surface area contributed by atoms with Gasteiger partial charge in [-0.3, -0.25) is 9.20 Å². The largest absolute Gasteiger partial charge is 0.493 e. The summed E-state index contributed by atoms with van der Waals surface area (Å²) in [5.41, 5.74) is 2.64. The topological polar surface area (TPSA) is 61.4 Å². The van der Waals surface area contributed by atoms with E-state index >= 15 is 0 Å². The van der Waals surface area contributed by atoms with Crippen molar-refractivity contribution in [2.45, 2.75) is 12.1 Å². The van der Waals surface area contributed by atoms with Gasteiger partial charge >= 0.3 is 0 Å². The van der Waals surface area contributed by atoms with Crippen LogP contribution in [0.4, 0.5) is 0 Å². The number of aromatic nitrogens is 4. The van der Waals surface area contributed by atoms with Crippen LogP contribution < -0.4 is 10.3 Å². The normalized spacial score (nSPS) is 11.3. The average molecular weight is 429 g/mol. The summed E-state index contributed by atoms with van der Waals surface area (Å²) in [6, 6.07) is 25.1. The predicted octanol–water partition coefficient (Wildman–Crippen LogP) is 4.51. The summed E-state index contributed by atoms with van der Waals surface area (Å²) in [5, 5.41) is 10.1. The molecule has 0 atom stereocenters. The van der Waals surface area contributed by atoms with E-state index in [1.165, 1.54) is 5.56 Å². The van der Waals surface area contributed by atoms with Crippen molar-refractivity contribution >= 4 is 28.4 Å². The number of rotatable bonds is 6. The zero-order chi connectivity index (χ0) is 21.2. The highest BCUT2D eigenvalue weighted by Crippen LogP contribution is 2.23. The highest BCUT2D eigenvalue weighted by molar-refractivity contribution is 7.99. The highest BCUT2D eigenvalue weighted by Gasteiger charge is 2.17. The molecule has 7 heteroatoms. The lowest BCUT2D eigenvalue weighted by Crippen LogP contribution is -2.21. The molecule has 0 aliphatic carbocycles. The second kappa shape index (κ2) is 8.28. The van der Waals surface area contributed by atoms with Crippen LogP contribution in [0.5, 0.6) is 5.75 Å². The van der Waals surface area contributed by atoms with Crippen LogP contribution >= 0.6 is 11.8 Å². The Labute approximate surface area is 183 Å². The smallest absolute Gasteiger partial charge is 0.267 e. The first kappa shape index (κ1) is 19.4. The molecule has 0 saturated heterocycles. The molecule has 0 unspecified atom stereocenters. The average Bonchev–Trinajstić information content (AvgIpc) is 3.22. The standard InChI is InChI=1S/C24H20N4O2S/c1-17-11-13-19(14-12-17)30-15-16-31-24-26-25-23-27(18-7-3-2-4-8-18)22(29)20-9-5-6-10-21(20)28(23)24/h2-14H,15-16H2,1H3. The van der Waals surface area contributed by atoms with Crippen LogP contribution in [0.2, 0.25) is 0 Å². The maximum atomic E-state index is 13.2. The lowest BCUT2D eigenvalue weighted by atomic mass is 10.2. The van der Waals surface area contributed by atoms with Gasteiger partial charge in [-0.05, 0) is 43.3 Å². The van der Waals surface area contributed by atoms with Gasteiger partial charge in [0.1, 0.15) is 5.75 Å². The summed E-state index contributed by atoms with van der Waals surface area (Å²) in [6.45, 7) is 2.59. The number of hydrogen-bond donors (Lipinski definition) is 0. The van der Waals surface area contributed by atoms with E-state index in [-0.39, 0.29) is 5.56 Å². The zero-order valence-corrected chi connectivity index (χ0v) is 17.7. The van der Waals surface area contributed by atoms with E-state index in [0.717, 1.165) is 22.1 Å². The summed E-state index contributed by atoms with van der Waals surface area (Å²) >= 11 is 1.55. The minimum Gasteiger partial charge on any atom is -0.493 e. The number of thioether (sulfide) groups is 1. The van der Waals surface area contributed by atoms with Crippen molar-refractivity contribution in [2.75, 3.05) is 12.4 Å². The molecule has 0 radical (unpaired) electrons. The molecular formula is C24H20N4O2S. The molecule has 2 aromatic heterocycles. The fourth-order valence-corrected chi connectivity index (χ4v) is 4.27. The Kier molecular flexibility index (Phi) is 5.18. The van der Waals surface area contributed by atoms with Crippen molar-refractivity contribution in [3.8, 4) is 11.4 Å². The van der Waals surface area contributed by atoms with Crippen molar-refractivity contribution < 1.29 is 4.74 Å². The Morgan fingerprint density at radius 1 is 0.903 bits per heavy atom. The van der Waals surface area contributed by atoms with E-state index in [2.05, 4.69) is 17.1 Å². The molecule has 0 N–H and O–H groups in total. The van der Waals surface area contributed by atoms with Gasteiger partial charge in [-0.25, -0.2) is 4.57 Å². The van der Waals surface area contributed by atoms with Crippen molar-refractivity contribution in [3.05, 3.63) is 94.8 Å². The third-order valence-electron chi connectivity index (χ3n) is 5.01. The van der Waals surface area contributed by atoms with Crippen LogP contribution in [0.15, 0.2) is 88.8 Å². The summed E-state index contributed by atoms with van der Waals surface area (Å²) in [4.78, 5) is 13.2. The second-order valence-electron chi connectivity index (χ2n) is 7.12. The van der Waals surface area contributed by atoms with E-state index in [1.807, 2.05) is 83.3 Å². The van der Waals surface area contributed by atoms with E-state index in [4.69, 9.17) is 4.74 Å². The Morgan fingerprint density at radius 2 is 1.65 bits per heavy atom. The van der Waals surface area contributed by atoms with Gasteiger partial charge in [-0.15, -0.1) is 10.2 Å². The van der Waals surface area contributed by atoms with Gasteiger partial charge in [-0.1, -0.05) is 59.8 Å². The molecule has 0 fully saturated rings. The number of ether oxygens (including phenoxy) is 1. The fraction of sp³-hybridized carbons (Fsp3) is 0.125. The predicted molar refractivity (Wildman–Crippen MR) is 123 cm³/mol. The number of aryl methyl sites for hydroxylation is 1. The first-order valence-electron chi connectivity index (χ1n) is 9.99. The van der Waals surface area contributed by atoms with Gasteiger partial charge in [0.2, 0.25) is 5.78 Å². The number of nitrogens with zero attached hydrogens (tertiary/aromatic N) is 4. The van der Waals surface area contributed by atoms with E-state index in [9.17, 15) is 4.79 Å². The maximum Gasteiger partial charge on any atom is 0.267 e. The minimum atomic E-state index is -0.110. The first-order valence-corrected chi connectivity index (χ1v) is 11.0. The fourth-order valence-electron chi connectivity index (χ4n) is 3.51. The monoisotopic (exact) mass is 428 g/mol. The van der Waals surface area contributed by atoms with Crippen LogP contribution in [0.25, 0.3) is 22.4 Å². The van der Waals surface area contributed by atoms with Crippen LogP contribution in [-0.2, 0) is 0 Å². The van der Waals surface area contributed by atoms with Crippen LogP contribution in [0.1, 0.15) is 5.56 Å². The summed E-state index contributed by atoms with van der Waals surface area (Å²) in [7, 11) is 0. The lowest BCUT2D eigenvalue weighted by Gasteiger charge is -2.11.